The van der Waals surface area contributed by atoms with Gasteiger partial charge in [-0.2, -0.15) is 5.26 Å². The van der Waals surface area contributed by atoms with E-state index in [-0.39, 0.29) is 18.4 Å². The van der Waals surface area contributed by atoms with E-state index in [4.69, 9.17) is 5.26 Å². The van der Waals surface area contributed by atoms with Gasteiger partial charge < -0.3 is 10.6 Å². The third kappa shape index (κ3) is 4.94. The van der Waals surface area contributed by atoms with E-state index in [0.29, 0.717) is 12.0 Å². The minimum Gasteiger partial charge on any atom is -0.341 e. The SMILES string of the molecule is CC=CCC(NC(=O)c1ccccc1)C(=O)NCC#N. The standard InChI is InChI=1S/C15H17N3O2/c1-2-3-9-13(15(20)17-11-10-16)18-14(19)12-7-5-4-6-8-12/h2-8,13H,9,11H2,1H3,(H,17,20)(H,18,19). The third-order valence-electron chi connectivity index (χ3n) is 2.61. The van der Waals surface area contributed by atoms with Crippen LogP contribution in [0.2, 0.25) is 0 Å². The number of carbonyl (C=O) groups excluding carboxylic acids is 2. The molecule has 104 valence electrons. The van der Waals surface area contributed by atoms with Crippen molar-refractivity contribution in [1.29, 1.82) is 5.26 Å². The summed E-state index contributed by atoms with van der Waals surface area (Å²) in [4.78, 5) is 23.9. The van der Waals surface area contributed by atoms with Crippen molar-refractivity contribution < 1.29 is 9.59 Å². The molecule has 2 N–H and O–H groups in total. The Hall–Kier alpha value is -2.61. The van der Waals surface area contributed by atoms with Gasteiger partial charge in [-0.3, -0.25) is 9.59 Å². The summed E-state index contributed by atoms with van der Waals surface area (Å²) >= 11 is 0. The molecule has 0 bridgehead atoms. The molecule has 0 fully saturated rings. The Kier molecular flexibility index (Phi) is 6.55. The molecule has 0 saturated heterocycles. The van der Waals surface area contributed by atoms with Gasteiger partial charge in [-0.25, -0.2) is 0 Å². The van der Waals surface area contributed by atoms with Crippen LogP contribution in [0.5, 0.6) is 0 Å². The molecule has 0 heterocycles. The van der Waals surface area contributed by atoms with Crippen LogP contribution in [0.25, 0.3) is 0 Å². The molecule has 0 aromatic heterocycles. The van der Waals surface area contributed by atoms with Crippen molar-refractivity contribution in [3.63, 3.8) is 0 Å². The molecule has 1 atom stereocenters. The second-order valence-corrected chi connectivity index (χ2v) is 4.07. The molecule has 0 aliphatic carbocycles. The maximum absolute atomic E-state index is 12.0. The number of hydrogen-bond donors (Lipinski definition) is 2. The maximum Gasteiger partial charge on any atom is 0.251 e. The van der Waals surface area contributed by atoms with Crippen LogP contribution in [0.4, 0.5) is 0 Å². The van der Waals surface area contributed by atoms with Gasteiger partial charge in [0.1, 0.15) is 12.6 Å². The minimum atomic E-state index is -0.688. The van der Waals surface area contributed by atoms with Crippen molar-refractivity contribution in [3.05, 3.63) is 48.0 Å². The summed E-state index contributed by atoms with van der Waals surface area (Å²) in [6.07, 6.45) is 3.98. The zero-order valence-electron chi connectivity index (χ0n) is 11.3. The van der Waals surface area contributed by atoms with Crippen molar-refractivity contribution in [2.45, 2.75) is 19.4 Å². The predicted molar refractivity (Wildman–Crippen MR) is 75.7 cm³/mol. The van der Waals surface area contributed by atoms with Gasteiger partial charge in [0.15, 0.2) is 0 Å². The summed E-state index contributed by atoms with van der Waals surface area (Å²) in [7, 11) is 0. The van der Waals surface area contributed by atoms with E-state index in [1.54, 1.807) is 36.4 Å². The monoisotopic (exact) mass is 271 g/mol. The van der Waals surface area contributed by atoms with E-state index < -0.39 is 6.04 Å². The molecule has 0 aliphatic heterocycles. The van der Waals surface area contributed by atoms with Crippen LogP contribution in [0.1, 0.15) is 23.7 Å². The number of amides is 2. The van der Waals surface area contributed by atoms with Gasteiger partial charge in [0.2, 0.25) is 5.91 Å². The number of nitrogens with zero attached hydrogens (tertiary/aromatic N) is 1. The molecule has 0 radical (unpaired) electrons. The van der Waals surface area contributed by atoms with Crippen molar-refractivity contribution >= 4 is 11.8 Å². The predicted octanol–water partition coefficient (Wildman–Crippen LogP) is 1.39. The number of rotatable bonds is 6. The molecule has 1 aromatic carbocycles. The number of hydrogen-bond acceptors (Lipinski definition) is 3. The van der Waals surface area contributed by atoms with Gasteiger partial charge >= 0.3 is 0 Å². The first kappa shape index (κ1) is 15.4. The van der Waals surface area contributed by atoms with Crippen LogP contribution < -0.4 is 10.6 Å². The fraction of sp³-hybridized carbons (Fsp3) is 0.267. The first-order chi connectivity index (χ1) is 9.69. The van der Waals surface area contributed by atoms with Gasteiger partial charge in [-0.05, 0) is 25.5 Å². The third-order valence-corrected chi connectivity index (χ3v) is 2.61. The fourth-order valence-corrected chi connectivity index (χ4v) is 1.58. The Balaban J connectivity index is 2.71. The summed E-state index contributed by atoms with van der Waals surface area (Å²) in [5.41, 5.74) is 0.492. The van der Waals surface area contributed by atoms with Gasteiger partial charge in [0.25, 0.3) is 5.91 Å². The molecule has 0 saturated carbocycles. The van der Waals surface area contributed by atoms with Gasteiger partial charge in [-0.15, -0.1) is 0 Å². The Labute approximate surface area is 118 Å². The minimum absolute atomic E-state index is 0.0770. The molecule has 2 amide bonds. The quantitative estimate of drug-likeness (QED) is 0.606. The molecule has 5 nitrogen and oxygen atoms in total. The Bertz CT molecular complexity index is 518. The van der Waals surface area contributed by atoms with Gasteiger partial charge in [0.05, 0.1) is 6.07 Å². The summed E-state index contributed by atoms with van der Waals surface area (Å²) in [6.45, 7) is 1.76. The van der Waals surface area contributed by atoms with E-state index in [0.717, 1.165) is 0 Å². The number of allylic oxidation sites excluding steroid dienone is 1. The number of carbonyl (C=O) groups is 2. The zero-order valence-corrected chi connectivity index (χ0v) is 11.3. The highest BCUT2D eigenvalue weighted by molar-refractivity contribution is 5.97. The molecule has 0 aliphatic rings. The van der Waals surface area contributed by atoms with E-state index in [1.165, 1.54) is 0 Å². The Morgan fingerprint density at radius 1 is 1.35 bits per heavy atom. The van der Waals surface area contributed by atoms with Gasteiger partial charge in [-0.1, -0.05) is 30.4 Å². The molecular formula is C15H17N3O2. The van der Waals surface area contributed by atoms with Crippen LogP contribution in [-0.4, -0.2) is 24.4 Å². The van der Waals surface area contributed by atoms with E-state index in [1.807, 2.05) is 19.1 Å². The number of nitriles is 1. The Morgan fingerprint density at radius 2 is 2.05 bits per heavy atom. The molecule has 1 unspecified atom stereocenters. The molecule has 20 heavy (non-hydrogen) atoms. The van der Waals surface area contributed by atoms with Gasteiger partial charge in [0, 0.05) is 5.56 Å². The summed E-state index contributed by atoms with van der Waals surface area (Å²) in [5.74, 6) is -0.679. The zero-order chi connectivity index (χ0) is 14.8. The summed E-state index contributed by atoms with van der Waals surface area (Å²) in [6, 6.07) is 9.82. The first-order valence-corrected chi connectivity index (χ1v) is 6.30. The van der Waals surface area contributed by atoms with Crippen LogP contribution in [-0.2, 0) is 4.79 Å². The highest BCUT2D eigenvalue weighted by Gasteiger charge is 2.19. The van der Waals surface area contributed by atoms with Crippen LogP contribution in [0.3, 0.4) is 0 Å². The molecule has 1 aromatic rings. The Morgan fingerprint density at radius 3 is 2.65 bits per heavy atom. The second kappa shape index (κ2) is 8.48. The van der Waals surface area contributed by atoms with E-state index in [9.17, 15) is 9.59 Å². The van der Waals surface area contributed by atoms with Crippen LogP contribution in [0, 0.1) is 11.3 Å². The largest absolute Gasteiger partial charge is 0.341 e. The first-order valence-electron chi connectivity index (χ1n) is 6.30. The van der Waals surface area contributed by atoms with Crippen molar-refractivity contribution in [2.75, 3.05) is 6.54 Å². The smallest absolute Gasteiger partial charge is 0.251 e. The van der Waals surface area contributed by atoms with Crippen molar-refractivity contribution in [2.24, 2.45) is 0 Å². The summed E-state index contributed by atoms with van der Waals surface area (Å²) < 4.78 is 0. The normalized spacial score (nSPS) is 11.6. The van der Waals surface area contributed by atoms with Crippen molar-refractivity contribution in [3.8, 4) is 6.07 Å². The molecule has 5 heteroatoms. The lowest BCUT2D eigenvalue weighted by molar-refractivity contribution is -0.122. The molecular weight excluding hydrogens is 254 g/mol. The molecule has 1 rings (SSSR count). The lowest BCUT2D eigenvalue weighted by atomic mass is 10.1. The van der Waals surface area contributed by atoms with E-state index in [2.05, 4.69) is 10.6 Å². The fourth-order valence-electron chi connectivity index (χ4n) is 1.58. The van der Waals surface area contributed by atoms with E-state index >= 15 is 0 Å². The van der Waals surface area contributed by atoms with Crippen LogP contribution in [0.15, 0.2) is 42.5 Å². The molecule has 0 spiro atoms. The topological polar surface area (TPSA) is 82.0 Å². The highest BCUT2D eigenvalue weighted by Crippen LogP contribution is 2.01. The number of nitrogens with one attached hydrogen (secondary N) is 2. The summed E-state index contributed by atoms with van der Waals surface area (Å²) in [5, 5.41) is 13.6. The average Bonchev–Trinajstić information content (AvgIpc) is 2.49. The lowest BCUT2D eigenvalue weighted by Crippen LogP contribution is -2.46. The maximum atomic E-state index is 12.0. The second-order valence-electron chi connectivity index (χ2n) is 4.07. The average molecular weight is 271 g/mol. The lowest BCUT2D eigenvalue weighted by Gasteiger charge is -2.16. The van der Waals surface area contributed by atoms with Crippen molar-refractivity contribution in [1.82, 2.24) is 10.6 Å². The number of benzene rings is 1. The van der Waals surface area contributed by atoms with Crippen LogP contribution >= 0.6 is 0 Å². The highest BCUT2D eigenvalue weighted by atomic mass is 16.2.